The first-order valence-corrected chi connectivity index (χ1v) is 5.03. The molecule has 1 aromatic carbocycles. The van der Waals surface area contributed by atoms with Gasteiger partial charge in [0.05, 0.1) is 0 Å². The van der Waals surface area contributed by atoms with Crippen LogP contribution in [0.5, 0.6) is 5.75 Å². The fourth-order valence-corrected chi connectivity index (χ4v) is 1.17. The van der Waals surface area contributed by atoms with Crippen molar-refractivity contribution in [2.24, 2.45) is 0 Å². The minimum atomic E-state index is -1.31. The summed E-state index contributed by atoms with van der Waals surface area (Å²) in [6, 6.07) is 3.89. The quantitative estimate of drug-likeness (QED) is 0.484. The molecule has 8 nitrogen and oxygen atoms in total. The number of anilines is 1. The predicted molar refractivity (Wildman–Crippen MR) is 61.9 cm³/mol. The lowest BCUT2D eigenvalue weighted by Gasteiger charge is -2.10. The zero-order valence-corrected chi connectivity index (χ0v) is 9.66. The van der Waals surface area contributed by atoms with Crippen molar-refractivity contribution in [2.75, 3.05) is 18.9 Å². The van der Waals surface area contributed by atoms with E-state index in [0.29, 0.717) is 0 Å². The van der Waals surface area contributed by atoms with Crippen LogP contribution in [0.1, 0.15) is 10.4 Å². The number of carbonyl (C=O) groups excluding carboxylic acids is 1. The van der Waals surface area contributed by atoms with Gasteiger partial charge in [0.15, 0.2) is 13.2 Å². The molecule has 0 saturated carbocycles. The molecule has 0 aliphatic rings. The molecule has 0 aliphatic heterocycles. The van der Waals surface area contributed by atoms with E-state index < -0.39 is 31.1 Å². The van der Waals surface area contributed by atoms with Crippen molar-refractivity contribution in [1.29, 1.82) is 0 Å². The van der Waals surface area contributed by atoms with Crippen molar-refractivity contribution in [3.8, 4) is 5.75 Å². The maximum absolute atomic E-state index is 11.6. The molecule has 1 rings (SSSR count). The number of aliphatic carboxylic acids is 2. The average Bonchev–Trinajstić information content (AvgIpc) is 2.33. The number of hydrogen-bond acceptors (Lipinski definition) is 6. The smallest absolute Gasteiger partial charge is 0.342 e. The summed E-state index contributed by atoms with van der Waals surface area (Å²) in [5.41, 5.74) is 5.64. The Labute approximate surface area is 107 Å². The van der Waals surface area contributed by atoms with Gasteiger partial charge in [0.2, 0.25) is 0 Å². The first-order valence-electron chi connectivity index (χ1n) is 5.03. The highest BCUT2D eigenvalue weighted by molar-refractivity contribution is 5.94. The van der Waals surface area contributed by atoms with Gasteiger partial charge in [-0.3, -0.25) is 0 Å². The molecule has 0 bridgehead atoms. The van der Waals surface area contributed by atoms with E-state index in [0.717, 1.165) is 0 Å². The Morgan fingerprint density at radius 2 is 1.74 bits per heavy atom. The molecule has 0 aromatic heterocycles. The fraction of sp³-hybridized carbons (Fsp3) is 0.182. The van der Waals surface area contributed by atoms with Gasteiger partial charge >= 0.3 is 17.9 Å². The van der Waals surface area contributed by atoms with Crippen molar-refractivity contribution in [2.45, 2.75) is 0 Å². The number of nitrogens with two attached hydrogens (primary N) is 1. The van der Waals surface area contributed by atoms with Crippen molar-refractivity contribution < 1.29 is 34.1 Å². The van der Waals surface area contributed by atoms with Crippen molar-refractivity contribution in [1.82, 2.24) is 0 Å². The number of esters is 1. The van der Waals surface area contributed by atoms with Crippen LogP contribution in [0.3, 0.4) is 0 Å². The highest BCUT2D eigenvalue weighted by atomic mass is 16.6. The maximum atomic E-state index is 11.6. The van der Waals surface area contributed by atoms with E-state index in [9.17, 15) is 14.4 Å². The zero-order valence-electron chi connectivity index (χ0n) is 9.66. The van der Waals surface area contributed by atoms with Gasteiger partial charge in [-0.25, -0.2) is 14.4 Å². The lowest BCUT2D eigenvalue weighted by atomic mass is 10.2. The molecule has 0 heterocycles. The molecule has 102 valence electrons. The van der Waals surface area contributed by atoms with Gasteiger partial charge in [-0.1, -0.05) is 0 Å². The number of hydrogen-bond donors (Lipinski definition) is 3. The minimum absolute atomic E-state index is 0.0854. The van der Waals surface area contributed by atoms with E-state index in [-0.39, 0.29) is 17.0 Å². The van der Waals surface area contributed by atoms with Crippen LogP contribution in [0.2, 0.25) is 0 Å². The lowest BCUT2D eigenvalue weighted by Crippen LogP contribution is -2.16. The summed E-state index contributed by atoms with van der Waals surface area (Å²) in [6.45, 7) is -1.47. The van der Waals surface area contributed by atoms with E-state index in [1.165, 1.54) is 18.2 Å². The third-order valence-corrected chi connectivity index (χ3v) is 1.90. The van der Waals surface area contributed by atoms with Gasteiger partial charge in [0.1, 0.15) is 11.3 Å². The molecule has 1 aromatic rings. The predicted octanol–water partition coefficient (Wildman–Crippen LogP) is -0.0264. The summed E-state index contributed by atoms with van der Waals surface area (Å²) < 4.78 is 9.35. The normalized spacial score (nSPS) is 9.68. The van der Waals surface area contributed by atoms with Gasteiger partial charge < -0.3 is 25.4 Å². The lowest BCUT2D eigenvalue weighted by molar-refractivity contribution is -0.140. The molecule has 0 aliphatic carbocycles. The topological polar surface area (TPSA) is 136 Å². The Bertz CT molecular complexity index is 512. The Kier molecular flexibility index (Phi) is 4.69. The third kappa shape index (κ3) is 4.54. The molecular weight excluding hydrogens is 258 g/mol. The molecule has 0 atom stereocenters. The number of carboxylic acid groups (broad SMARTS) is 2. The van der Waals surface area contributed by atoms with Crippen LogP contribution in [0, 0.1) is 0 Å². The molecule has 0 saturated heterocycles. The third-order valence-electron chi connectivity index (χ3n) is 1.90. The van der Waals surface area contributed by atoms with E-state index in [4.69, 9.17) is 20.7 Å². The molecule has 8 heteroatoms. The van der Waals surface area contributed by atoms with Crippen LogP contribution in [-0.2, 0) is 14.3 Å². The summed E-state index contributed by atoms with van der Waals surface area (Å²) in [6.07, 6.45) is 0. The Morgan fingerprint density at radius 1 is 1.11 bits per heavy atom. The van der Waals surface area contributed by atoms with Crippen molar-refractivity contribution in [3.63, 3.8) is 0 Å². The summed E-state index contributed by atoms with van der Waals surface area (Å²) in [5.74, 6) is -3.57. The second-order valence-electron chi connectivity index (χ2n) is 3.41. The van der Waals surface area contributed by atoms with Gasteiger partial charge in [-0.15, -0.1) is 0 Å². The minimum Gasteiger partial charge on any atom is -0.481 e. The molecule has 0 spiro atoms. The van der Waals surface area contributed by atoms with Crippen LogP contribution < -0.4 is 10.5 Å². The molecule has 0 fully saturated rings. The average molecular weight is 269 g/mol. The summed E-state index contributed by atoms with van der Waals surface area (Å²) in [7, 11) is 0. The molecule has 0 radical (unpaired) electrons. The summed E-state index contributed by atoms with van der Waals surface area (Å²) in [4.78, 5) is 32.3. The number of nitrogen functional groups attached to an aromatic ring is 1. The number of ether oxygens (including phenoxy) is 2. The van der Waals surface area contributed by atoms with Gasteiger partial charge in [0, 0.05) is 11.8 Å². The second-order valence-corrected chi connectivity index (χ2v) is 3.41. The fourth-order valence-electron chi connectivity index (χ4n) is 1.17. The Balaban J connectivity index is 2.88. The largest absolute Gasteiger partial charge is 0.481 e. The van der Waals surface area contributed by atoms with Gasteiger partial charge in [0.25, 0.3) is 0 Å². The Morgan fingerprint density at radius 3 is 2.32 bits per heavy atom. The first-order chi connectivity index (χ1) is 8.90. The number of benzene rings is 1. The van der Waals surface area contributed by atoms with E-state index in [1.54, 1.807) is 0 Å². The zero-order chi connectivity index (χ0) is 14.4. The van der Waals surface area contributed by atoms with Gasteiger partial charge in [-0.05, 0) is 12.1 Å². The molecule has 4 N–H and O–H groups in total. The molecule has 0 amide bonds. The standard InChI is InChI=1S/C11H11NO7/c12-6-1-2-7(11(17)19-5-10(15)16)8(3-6)18-4-9(13)14/h1-3H,4-5,12H2,(H,13,14)(H,15,16). The molecule has 0 unspecified atom stereocenters. The number of rotatable bonds is 6. The highest BCUT2D eigenvalue weighted by Crippen LogP contribution is 2.22. The first kappa shape index (κ1) is 14.3. The molecule has 19 heavy (non-hydrogen) atoms. The van der Waals surface area contributed by atoms with Crippen LogP contribution in [-0.4, -0.2) is 41.3 Å². The second kappa shape index (κ2) is 6.24. The van der Waals surface area contributed by atoms with Crippen molar-refractivity contribution in [3.05, 3.63) is 23.8 Å². The Hall–Kier alpha value is -2.77. The van der Waals surface area contributed by atoms with E-state index in [1.807, 2.05) is 0 Å². The van der Waals surface area contributed by atoms with Gasteiger partial charge in [-0.2, -0.15) is 0 Å². The SMILES string of the molecule is Nc1ccc(C(=O)OCC(=O)O)c(OCC(=O)O)c1. The van der Waals surface area contributed by atoms with Crippen molar-refractivity contribution >= 4 is 23.6 Å². The number of carboxylic acids is 2. The van der Waals surface area contributed by atoms with Crippen LogP contribution in [0.15, 0.2) is 18.2 Å². The summed E-state index contributed by atoms with van der Waals surface area (Å²) in [5, 5.41) is 16.9. The maximum Gasteiger partial charge on any atom is 0.342 e. The van der Waals surface area contributed by atoms with Crippen LogP contribution >= 0.6 is 0 Å². The summed E-state index contributed by atoms with van der Waals surface area (Å²) >= 11 is 0. The monoisotopic (exact) mass is 269 g/mol. The van der Waals surface area contributed by atoms with E-state index in [2.05, 4.69) is 4.74 Å². The van der Waals surface area contributed by atoms with Crippen LogP contribution in [0.25, 0.3) is 0 Å². The highest BCUT2D eigenvalue weighted by Gasteiger charge is 2.16. The number of carbonyl (C=O) groups is 3. The van der Waals surface area contributed by atoms with Crippen LogP contribution in [0.4, 0.5) is 5.69 Å². The molecular formula is C11H11NO7. The van der Waals surface area contributed by atoms with E-state index >= 15 is 0 Å².